The molecule has 6 nitrogen and oxygen atoms in total. The predicted octanol–water partition coefficient (Wildman–Crippen LogP) is 1.64. The highest BCUT2D eigenvalue weighted by molar-refractivity contribution is 5.87. The monoisotopic (exact) mass is 347 g/mol. The molecule has 0 spiro atoms. The lowest BCUT2D eigenvalue weighted by atomic mass is 9.96. The Kier molecular flexibility index (Phi) is 6.42. The summed E-state index contributed by atoms with van der Waals surface area (Å²) >= 11 is 0. The van der Waals surface area contributed by atoms with Crippen molar-refractivity contribution < 1.29 is 14.3 Å². The number of hydrogen-bond acceptors (Lipinski definition) is 4. The molecule has 1 aromatic carbocycles. The first-order valence-corrected chi connectivity index (χ1v) is 8.72. The van der Waals surface area contributed by atoms with E-state index in [0.29, 0.717) is 6.54 Å². The third-order valence-corrected chi connectivity index (χ3v) is 4.26. The minimum Gasteiger partial charge on any atom is -0.378 e. The van der Waals surface area contributed by atoms with E-state index in [2.05, 4.69) is 16.3 Å². The zero-order valence-electron chi connectivity index (χ0n) is 15.7. The Balaban J connectivity index is 1.97. The van der Waals surface area contributed by atoms with Crippen LogP contribution in [0.15, 0.2) is 24.3 Å². The number of rotatable bonds is 5. The van der Waals surface area contributed by atoms with Gasteiger partial charge < -0.3 is 19.9 Å². The number of hydrogen-bond donors (Lipinski definition) is 1. The second-order valence-corrected chi connectivity index (χ2v) is 7.41. The van der Waals surface area contributed by atoms with Gasteiger partial charge in [0, 0.05) is 37.8 Å². The summed E-state index contributed by atoms with van der Waals surface area (Å²) < 4.78 is 5.42. The van der Waals surface area contributed by atoms with Crippen LogP contribution < -0.4 is 10.2 Å². The summed E-state index contributed by atoms with van der Waals surface area (Å²) in [6.07, 6.45) is 0. The molecule has 1 N–H and O–H groups in total. The van der Waals surface area contributed by atoms with Crippen LogP contribution in [0.25, 0.3) is 0 Å². The average Bonchev–Trinajstić information content (AvgIpc) is 2.59. The van der Waals surface area contributed by atoms with Gasteiger partial charge in [-0.05, 0) is 11.6 Å². The highest BCUT2D eigenvalue weighted by Gasteiger charge is 2.22. The van der Waals surface area contributed by atoms with Crippen LogP contribution in [0.2, 0.25) is 0 Å². The number of nitrogens with zero attached hydrogens (tertiary/aromatic N) is 2. The zero-order valence-corrected chi connectivity index (χ0v) is 15.7. The van der Waals surface area contributed by atoms with E-state index in [0.717, 1.165) is 37.6 Å². The highest BCUT2D eigenvalue weighted by atomic mass is 16.5. The Morgan fingerprint density at radius 1 is 1.20 bits per heavy atom. The normalized spacial score (nSPS) is 15.0. The predicted molar refractivity (Wildman–Crippen MR) is 98.4 cm³/mol. The maximum atomic E-state index is 12.3. The van der Waals surface area contributed by atoms with E-state index in [1.165, 1.54) is 0 Å². The van der Waals surface area contributed by atoms with Gasteiger partial charge in [0.25, 0.3) is 0 Å². The smallest absolute Gasteiger partial charge is 0.242 e. The summed E-state index contributed by atoms with van der Waals surface area (Å²) in [4.78, 5) is 28.2. The van der Waals surface area contributed by atoms with Gasteiger partial charge in [0.2, 0.25) is 11.8 Å². The molecule has 1 fully saturated rings. The van der Waals surface area contributed by atoms with Gasteiger partial charge in [0.1, 0.15) is 0 Å². The standard InChI is InChI=1S/C19H29N3O3/c1-19(2,3)18(24)20-13-17(23)21(4)14-15-7-5-6-8-16(15)22-9-11-25-12-10-22/h5-8H,9-14H2,1-4H3,(H,20,24). The maximum Gasteiger partial charge on any atom is 0.242 e. The van der Waals surface area contributed by atoms with Crippen molar-refractivity contribution in [2.24, 2.45) is 5.41 Å². The lowest BCUT2D eigenvalue weighted by Gasteiger charge is -2.31. The van der Waals surface area contributed by atoms with Crippen LogP contribution in [0.5, 0.6) is 0 Å². The van der Waals surface area contributed by atoms with Gasteiger partial charge in [0.05, 0.1) is 19.8 Å². The fourth-order valence-electron chi connectivity index (χ4n) is 2.66. The first kappa shape index (κ1) is 19.2. The fourth-order valence-corrected chi connectivity index (χ4v) is 2.66. The number of morpholine rings is 1. The van der Waals surface area contributed by atoms with Gasteiger partial charge in [-0.2, -0.15) is 0 Å². The molecule has 6 heteroatoms. The molecule has 1 aliphatic heterocycles. The Hall–Kier alpha value is -2.08. The second kappa shape index (κ2) is 8.34. The summed E-state index contributed by atoms with van der Waals surface area (Å²) in [7, 11) is 1.77. The van der Waals surface area contributed by atoms with Crippen LogP contribution in [0.3, 0.4) is 0 Å². The van der Waals surface area contributed by atoms with Crippen LogP contribution >= 0.6 is 0 Å². The Morgan fingerprint density at radius 3 is 2.48 bits per heavy atom. The third kappa shape index (κ3) is 5.46. The fraction of sp³-hybridized carbons (Fsp3) is 0.579. The lowest BCUT2D eigenvalue weighted by Crippen LogP contribution is -2.42. The zero-order chi connectivity index (χ0) is 18.4. The molecule has 1 aliphatic rings. The van der Waals surface area contributed by atoms with Gasteiger partial charge in [-0.25, -0.2) is 0 Å². The molecule has 0 unspecified atom stereocenters. The van der Waals surface area contributed by atoms with Gasteiger partial charge in [0.15, 0.2) is 0 Å². The van der Waals surface area contributed by atoms with Gasteiger partial charge in [-0.15, -0.1) is 0 Å². The highest BCUT2D eigenvalue weighted by Crippen LogP contribution is 2.22. The molecule has 0 saturated carbocycles. The van der Waals surface area contributed by atoms with E-state index in [9.17, 15) is 9.59 Å². The van der Waals surface area contributed by atoms with Gasteiger partial charge >= 0.3 is 0 Å². The number of nitrogens with one attached hydrogen (secondary N) is 1. The third-order valence-electron chi connectivity index (χ3n) is 4.26. The summed E-state index contributed by atoms with van der Waals surface area (Å²) in [6.45, 7) is 9.18. The molecule has 2 amide bonds. The number of ether oxygens (including phenoxy) is 1. The van der Waals surface area contributed by atoms with E-state index in [4.69, 9.17) is 4.74 Å². The maximum absolute atomic E-state index is 12.3. The van der Waals surface area contributed by atoms with E-state index in [1.54, 1.807) is 11.9 Å². The molecule has 0 aliphatic carbocycles. The second-order valence-electron chi connectivity index (χ2n) is 7.41. The SMILES string of the molecule is CN(Cc1ccccc1N1CCOCC1)C(=O)CNC(=O)C(C)(C)C. The van der Waals surface area contributed by atoms with Crippen molar-refractivity contribution in [1.82, 2.24) is 10.2 Å². The molecule has 25 heavy (non-hydrogen) atoms. The van der Waals surface area contributed by atoms with Crippen molar-refractivity contribution in [3.63, 3.8) is 0 Å². The molecule has 138 valence electrons. The molecule has 1 heterocycles. The number of likely N-dealkylation sites (N-methyl/N-ethyl adjacent to an activating group) is 1. The van der Waals surface area contributed by atoms with E-state index < -0.39 is 5.41 Å². The van der Waals surface area contributed by atoms with Crippen molar-refractivity contribution in [3.8, 4) is 0 Å². The molecular weight excluding hydrogens is 318 g/mol. The van der Waals surface area contributed by atoms with Crippen molar-refractivity contribution in [1.29, 1.82) is 0 Å². The first-order chi connectivity index (χ1) is 11.8. The van der Waals surface area contributed by atoms with Crippen LogP contribution in [0.4, 0.5) is 5.69 Å². The van der Waals surface area contributed by atoms with Crippen molar-refractivity contribution >= 4 is 17.5 Å². The number of amides is 2. The molecule has 0 radical (unpaired) electrons. The Labute approximate surface area is 150 Å². The summed E-state index contributed by atoms with van der Waals surface area (Å²) in [5.74, 6) is -0.225. The van der Waals surface area contributed by atoms with E-state index in [1.807, 2.05) is 39.0 Å². The minimum atomic E-state index is -0.498. The van der Waals surface area contributed by atoms with E-state index in [-0.39, 0.29) is 18.4 Å². The van der Waals surface area contributed by atoms with E-state index >= 15 is 0 Å². The summed E-state index contributed by atoms with van der Waals surface area (Å²) in [5, 5.41) is 2.71. The van der Waals surface area contributed by atoms with Crippen molar-refractivity contribution in [2.45, 2.75) is 27.3 Å². The van der Waals surface area contributed by atoms with Crippen LogP contribution in [-0.2, 0) is 20.9 Å². The minimum absolute atomic E-state index is 0.0202. The lowest BCUT2D eigenvalue weighted by molar-refractivity contribution is -0.134. The first-order valence-electron chi connectivity index (χ1n) is 8.72. The quantitative estimate of drug-likeness (QED) is 0.880. The Morgan fingerprint density at radius 2 is 1.84 bits per heavy atom. The summed E-state index contributed by atoms with van der Waals surface area (Å²) in [6, 6.07) is 8.13. The molecule has 2 rings (SSSR count). The number of anilines is 1. The van der Waals surface area contributed by atoms with Crippen molar-refractivity contribution in [3.05, 3.63) is 29.8 Å². The largest absolute Gasteiger partial charge is 0.378 e. The van der Waals surface area contributed by atoms with Crippen LogP contribution in [-0.4, -0.2) is 56.6 Å². The number of para-hydroxylation sites is 1. The molecule has 0 aromatic heterocycles. The molecule has 1 saturated heterocycles. The van der Waals surface area contributed by atoms with Crippen LogP contribution in [0.1, 0.15) is 26.3 Å². The number of benzene rings is 1. The Bertz CT molecular complexity index is 604. The van der Waals surface area contributed by atoms with Gasteiger partial charge in [-0.3, -0.25) is 9.59 Å². The molecule has 0 atom stereocenters. The average molecular weight is 347 g/mol. The van der Waals surface area contributed by atoms with Gasteiger partial charge in [-0.1, -0.05) is 39.0 Å². The number of carbonyl (C=O) groups excluding carboxylic acids is 2. The number of carbonyl (C=O) groups is 2. The van der Waals surface area contributed by atoms with Crippen molar-refractivity contribution in [2.75, 3.05) is 44.8 Å². The topological polar surface area (TPSA) is 61.9 Å². The molecule has 1 aromatic rings. The summed E-state index contributed by atoms with van der Waals surface area (Å²) in [5.41, 5.74) is 1.74. The molecule has 0 bridgehead atoms. The molecular formula is C19H29N3O3. The van der Waals surface area contributed by atoms with Crippen LogP contribution in [0, 0.1) is 5.41 Å².